The number of hydrogen-bond donors (Lipinski definition) is 2. The van der Waals surface area contributed by atoms with Crippen LogP contribution >= 0.6 is 22.7 Å². The third-order valence-electron chi connectivity index (χ3n) is 3.35. The molecule has 0 aliphatic heterocycles. The molecule has 3 aromatic rings. The van der Waals surface area contributed by atoms with Crippen molar-refractivity contribution in [1.29, 1.82) is 0 Å². The number of nitrogens with one attached hydrogen (secondary N) is 2. The van der Waals surface area contributed by atoms with Gasteiger partial charge in [0.15, 0.2) is 11.6 Å². The SMILES string of the molecule is Cc1nc(-c2cccs2)sc1C(=O)NCC(=O)Nc1ccc(F)c(F)c1. The van der Waals surface area contributed by atoms with Gasteiger partial charge in [0.05, 0.1) is 17.1 Å². The molecule has 0 atom stereocenters. The monoisotopic (exact) mass is 393 g/mol. The zero-order chi connectivity index (χ0) is 18.7. The van der Waals surface area contributed by atoms with E-state index >= 15 is 0 Å². The van der Waals surface area contributed by atoms with E-state index in [9.17, 15) is 18.4 Å². The van der Waals surface area contributed by atoms with Crippen molar-refractivity contribution in [3.8, 4) is 9.88 Å². The molecule has 2 heterocycles. The minimum atomic E-state index is -1.06. The van der Waals surface area contributed by atoms with Gasteiger partial charge in [-0.2, -0.15) is 0 Å². The van der Waals surface area contributed by atoms with Crippen molar-refractivity contribution in [2.24, 2.45) is 0 Å². The Hall–Kier alpha value is -2.65. The summed E-state index contributed by atoms with van der Waals surface area (Å²) in [5.74, 6) is -3.03. The van der Waals surface area contributed by atoms with Crippen LogP contribution in [0.3, 0.4) is 0 Å². The summed E-state index contributed by atoms with van der Waals surface area (Å²) < 4.78 is 26.0. The minimum Gasteiger partial charge on any atom is -0.342 e. The smallest absolute Gasteiger partial charge is 0.263 e. The lowest BCUT2D eigenvalue weighted by Crippen LogP contribution is -2.32. The molecule has 0 unspecified atom stereocenters. The van der Waals surface area contributed by atoms with Crippen LogP contribution in [0.2, 0.25) is 0 Å². The Bertz CT molecular complexity index is 955. The molecule has 134 valence electrons. The van der Waals surface area contributed by atoms with Gasteiger partial charge in [-0.25, -0.2) is 13.8 Å². The molecule has 0 aliphatic rings. The number of rotatable bonds is 5. The number of carbonyl (C=O) groups is 2. The number of aryl methyl sites for hydroxylation is 1. The van der Waals surface area contributed by atoms with Gasteiger partial charge in [0.1, 0.15) is 9.88 Å². The Balaban J connectivity index is 1.60. The van der Waals surface area contributed by atoms with Crippen molar-refractivity contribution in [3.05, 3.63) is 57.9 Å². The van der Waals surface area contributed by atoms with Crippen LogP contribution < -0.4 is 10.6 Å². The first-order valence-corrected chi connectivity index (χ1v) is 9.18. The van der Waals surface area contributed by atoms with Crippen LogP contribution in [0.1, 0.15) is 15.4 Å². The number of halogens is 2. The fraction of sp³-hybridized carbons (Fsp3) is 0.118. The average Bonchev–Trinajstić information content (AvgIpc) is 3.25. The number of amides is 2. The highest BCUT2D eigenvalue weighted by Gasteiger charge is 2.17. The van der Waals surface area contributed by atoms with Gasteiger partial charge in [0.2, 0.25) is 5.91 Å². The molecule has 0 radical (unpaired) electrons. The third kappa shape index (κ3) is 4.12. The van der Waals surface area contributed by atoms with E-state index < -0.39 is 23.4 Å². The summed E-state index contributed by atoms with van der Waals surface area (Å²) in [6.07, 6.45) is 0. The van der Waals surface area contributed by atoms with E-state index in [1.54, 1.807) is 6.92 Å². The van der Waals surface area contributed by atoms with Crippen molar-refractivity contribution >= 4 is 40.2 Å². The molecule has 2 amide bonds. The Morgan fingerprint density at radius 2 is 2.00 bits per heavy atom. The van der Waals surface area contributed by atoms with Crippen molar-refractivity contribution in [2.45, 2.75) is 6.92 Å². The molecule has 0 bridgehead atoms. The lowest BCUT2D eigenvalue weighted by atomic mass is 10.3. The van der Waals surface area contributed by atoms with Gasteiger partial charge in [-0.3, -0.25) is 9.59 Å². The highest BCUT2D eigenvalue weighted by atomic mass is 32.1. The number of anilines is 1. The first-order valence-electron chi connectivity index (χ1n) is 7.48. The fourth-order valence-electron chi connectivity index (χ4n) is 2.13. The van der Waals surface area contributed by atoms with Crippen molar-refractivity contribution < 1.29 is 18.4 Å². The summed E-state index contributed by atoms with van der Waals surface area (Å²) in [5.41, 5.74) is 0.689. The molecule has 0 saturated heterocycles. The van der Waals surface area contributed by atoms with E-state index in [4.69, 9.17) is 0 Å². The Morgan fingerprint density at radius 1 is 1.19 bits per heavy atom. The van der Waals surface area contributed by atoms with E-state index in [1.165, 1.54) is 28.7 Å². The van der Waals surface area contributed by atoms with Gasteiger partial charge < -0.3 is 10.6 Å². The van der Waals surface area contributed by atoms with Crippen LogP contribution in [0, 0.1) is 18.6 Å². The Kier molecular flexibility index (Phi) is 5.38. The zero-order valence-electron chi connectivity index (χ0n) is 13.5. The van der Waals surface area contributed by atoms with Crippen molar-refractivity contribution in [3.63, 3.8) is 0 Å². The van der Waals surface area contributed by atoms with E-state index in [0.29, 0.717) is 10.6 Å². The number of carbonyl (C=O) groups excluding carboxylic acids is 2. The van der Waals surface area contributed by atoms with Gasteiger partial charge in [0.25, 0.3) is 5.91 Å². The molecule has 9 heteroatoms. The predicted octanol–water partition coefficient (Wildman–Crippen LogP) is 3.83. The number of thiophene rings is 1. The molecular weight excluding hydrogens is 380 g/mol. The third-order valence-corrected chi connectivity index (χ3v) is 5.54. The van der Waals surface area contributed by atoms with Gasteiger partial charge in [-0.15, -0.1) is 22.7 Å². The summed E-state index contributed by atoms with van der Waals surface area (Å²) in [6, 6.07) is 6.84. The van der Waals surface area contributed by atoms with Gasteiger partial charge >= 0.3 is 0 Å². The molecule has 0 fully saturated rings. The molecule has 0 spiro atoms. The highest BCUT2D eigenvalue weighted by Crippen LogP contribution is 2.30. The largest absolute Gasteiger partial charge is 0.342 e. The zero-order valence-corrected chi connectivity index (χ0v) is 15.1. The van der Waals surface area contributed by atoms with Gasteiger partial charge in [-0.05, 0) is 30.5 Å². The first-order chi connectivity index (χ1) is 12.4. The summed E-state index contributed by atoms with van der Waals surface area (Å²) in [7, 11) is 0. The maximum Gasteiger partial charge on any atom is 0.263 e. The standard InChI is InChI=1S/C17H13F2N3O2S2/c1-9-15(26-17(21-9)13-3-2-6-25-13)16(24)20-8-14(23)22-10-4-5-11(18)12(19)7-10/h2-7H,8H2,1H3,(H,20,24)(H,22,23). The molecule has 3 rings (SSSR count). The van der Waals surface area contributed by atoms with E-state index in [0.717, 1.165) is 22.0 Å². The second-order valence-electron chi connectivity index (χ2n) is 5.27. The lowest BCUT2D eigenvalue weighted by molar-refractivity contribution is -0.115. The molecule has 1 aromatic carbocycles. The van der Waals surface area contributed by atoms with Crippen molar-refractivity contribution in [2.75, 3.05) is 11.9 Å². The number of aromatic nitrogens is 1. The molecule has 0 saturated carbocycles. The van der Waals surface area contributed by atoms with Crippen LogP contribution in [0.25, 0.3) is 9.88 Å². The Morgan fingerprint density at radius 3 is 2.69 bits per heavy atom. The second-order valence-corrected chi connectivity index (χ2v) is 7.22. The summed E-state index contributed by atoms with van der Waals surface area (Å²) in [4.78, 5) is 29.9. The predicted molar refractivity (Wildman–Crippen MR) is 97.5 cm³/mol. The highest BCUT2D eigenvalue weighted by molar-refractivity contribution is 7.22. The van der Waals surface area contributed by atoms with Crippen LogP contribution in [-0.2, 0) is 4.79 Å². The number of benzene rings is 1. The number of hydrogen-bond acceptors (Lipinski definition) is 5. The fourth-order valence-corrected chi connectivity index (χ4v) is 3.91. The summed E-state index contributed by atoms with van der Waals surface area (Å²) in [5, 5.41) is 7.56. The van der Waals surface area contributed by atoms with Crippen LogP contribution in [0.5, 0.6) is 0 Å². The quantitative estimate of drug-likeness (QED) is 0.692. The van der Waals surface area contributed by atoms with E-state index in [-0.39, 0.29) is 12.2 Å². The average molecular weight is 393 g/mol. The first kappa shape index (κ1) is 18.2. The van der Waals surface area contributed by atoms with E-state index in [2.05, 4.69) is 15.6 Å². The summed E-state index contributed by atoms with van der Waals surface area (Å²) >= 11 is 2.77. The Labute approximate surface area is 155 Å². The molecule has 2 aromatic heterocycles. The second kappa shape index (κ2) is 7.71. The van der Waals surface area contributed by atoms with Gasteiger partial charge in [0, 0.05) is 11.8 Å². The lowest BCUT2D eigenvalue weighted by Gasteiger charge is -2.07. The summed E-state index contributed by atoms with van der Waals surface area (Å²) in [6.45, 7) is 1.42. The van der Waals surface area contributed by atoms with Crippen molar-refractivity contribution in [1.82, 2.24) is 10.3 Å². The minimum absolute atomic E-state index is 0.108. The van der Waals surface area contributed by atoms with Crippen LogP contribution in [0.4, 0.5) is 14.5 Å². The van der Waals surface area contributed by atoms with Gasteiger partial charge in [-0.1, -0.05) is 6.07 Å². The topological polar surface area (TPSA) is 71.1 Å². The van der Waals surface area contributed by atoms with Crippen LogP contribution in [-0.4, -0.2) is 23.3 Å². The normalized spacial score (nSPS) is 10.6. The van der Waals surface area contributed by atoms with E-state index in [1.807, 2.05) is 17.5 Å². The van der Waals surface area contributed by atoms with Crippen LogP contribution in [0.15, 0.2) is 35.7 Å². The maximum absolute atomic E-state index is 13.1. The molecule has 2 N–H and O–H groups in total. The molecule has 26 heavy (non-hydrogen) atoms. The molecule has 5 nitrogen and oxygen atoms in total. The number of thiazole rings is 1. The maximum atomic E-state index is 13.1. The number of nitrogens with zero attached hydrogens (tertiary/aromatic N) is 1. The molecule has 0 aliphatic carbocycles. The molecular formula is C17H13F2N3O2S2.